The molecule has 0 heterocycles. The van der Waals surface area contributed by atoms with E-state index in [1.165, 1.54) is 0 Å². The molecule has 0 aliphatic carbocycles. The van der Waals surface area contributed by atoms with Crippen molar-refractivity contribution < 1.29 is 8.76 Å². The highest BCUT2D eigenvalue weighted by Crippen LogP contribution is 2.24. The lowest BCUT2D eigenvalue weighted by molar-refractivity contribution is 0.564. The van der Waals surface area contributed by atoms with Gasteiger partial charge in [-0.15, -0.1) is 0 Å². The van der Waals surface area contributed by atoms with Gasteiger partial charge in [-0.2, -0.15) is 0 Å². The highest BCUT2D eigenvalue weighted by molar-refractivity contribution is 14.1. The molecule has 1 rings (SSSR count). The van der Waals surface area contributed by atoms with Gasteiger partial charge in [-0.25, -0.2) is 4.21 Å². The third kappa shape index (κ3) is 2.27. The quantitative estimate of drug-likeness (QED) is 0.617. The molecule has 1 aromatic carbocycles. The molecule has 0 saturated heterocycles. The third-order valence-corrected chi connectivity index (χ3v) is 4.04. The molecular formula is C7H6BrIO2S. The molecule has 1 unspecified atom stereocenters. The van der Waals surface area contributed by atoms with Gasteiger partial charge in [0.1, 0.15) is 0 Å². The van der Waals surface area contributed by atoms with Crippen molar-refractivity contribution in [3.8, 4) is 0 Å². The number of benzene rings is 1. The molecule has 12 heavy (non-hydrogen) atoms. The Hall–Kier alpha value is 0.540. The molecule has 0 bridgehead atoms. The summed E-state index contributed by atoms with van der Waals surface area (Å²) >= 11 is 3.56. The molecule has 0 aliphatic heterocycles. The summed E-state index contributed by atoms with van der Waals surface area (Å²) in [5, 5.41) is 0. The third-order valence-electron chi connectivity index (χ3n) is 1.46. The highest BCUT2D eigenvalue weighted by atomic mass is 127. The summed E-state index contributed by atoms with van der Waals surface area (Å²) in [6, 6.07) is 3.37. The number of halogens is 2. The summed E-state index contributed by atoms with van der Waals surface area (Å²) in [6.45, 7) is 1.95. The average molecular weight is 361 g/mol. The van der Waals surface area contributed by atoms with E-state index in [0.717, 1.165) is 13.6 Å². The van der Waals surface area contributed by atoms with Crippen molar-refractivity contribution in [1.82, 2.24) is 0 Å². The van der Waals surface area contributed by atoms with Gasteiger partial charge < -0.3 is 4.55 Å². The van der Waals surface area contributed by atoms with Gasteiger partial charge in [-0.3, -0.25) is 0 Å². The first-order valence-corrected chi connectivity index (χ1v) is 6.06. The largest absolute Gasteiger partial charge is 0.302 e. The van der Waals surface area contributed by atoms with E-state index in [1.54, 1.807) is 12.1 Å². The van der Waals surface area contributed by atoms with E-state index in [-0.39, 0.29) is 0 Å². The fourth-order valence-electron chi connectivity index (χ4n) is 0.723. The van der Waals surface area contributed by atoms with Crippen LogP contribution in [0.25, 0.3) is 0 Å². The molecule has 0 radical (unpaired) electrons. The second-order valence-electron chi connectivity index (χ2n) is 2.26. The van der Waals surface area contributed by atoms with Gasteiger partial charge in [0.15, 0.2) is 11.1 Å². The molecule has 1 aromatic rings. The zero-order valence-electron chi connectivity index (χ0n) is 6.17. The van der Waals surface area contributed by atoms with Gasteiger partial charge in [-0.1, -0.05) is 15.9 Å². The van der Waals surface area contributed by atoms with Crippen molar-refractivity contribution in [1.29, 1.82) is 0 Å². The van der Waals surface area contributed by atoms with Crippen molar-refractivity contribution in [2.24, 2.45) is 0 Å². The van der Waals surface area contributed by atoms with E-state index in [2.05, 4.69) is 38.5 Å². The average Bonchev–Trinajstić information content (AvgIpc) is 1.99. The first kappa shape index (κ1) is 10.6. The molecule has 0 aliphatic rings. The van der Waals surface area contributed by atoms with E-state index < -0.39 is 11.1 Å². The molecule has 1 N–H and O–H groups in total. The van der Waals surface area contributed by atoms with Gasteiger partial charge in [0.2, 0.25) is 0 Å². The van der Waals surface area contributed by atoms with E-state index >= 15 is 0 Å². The molecular weight excluding hydrogens is 355 g/mol. The SMILES string of the molecule is Cc1c(Br)cc(S(=O)O)cc1I. The van der Waals surface area contributed by atoms with Crippen LogP contribution in [-0.2, 0) is 11.1 Å². The highest BCUT2D eigenvalue weighted by Gasteiger charge is 2.06. The maximum absolute atomic E-state index is 10.7. The minimum Gasteiger partial charge on any atom is -0.302 e. The predicted molar refractivity (Wildman–Crippen MR) is 60.6 cm³/mol. The van der Waals surface area contributed by atoms with Crippen LogP contribution in [0.15, 0.2) is 21.5 Å². The Bertz CT molecular complexity index is 317. The zero-order valence-corrected chi connectivity index (χ0v) is 10.7. The van der Waals surface area contributed by atoms with Crippen LogP contribution in [0.3, 0.4) is 0 Å². The van der Waals surface area contributed by atoms with Gasteiger partial charge in [0, 0.05) is 8.04 Å². The lowest BCUT2D eigenvalue weighted by Crippen LogP contribution is -1.91. The molecule has 0 aromatic heterocycles. The Balaban J connectivity index is 3.31. The fraction of sp³-hybridized carbons (Fsp3) is 0.143. The van der Waals surface area contributed by atoms with Gasteiger partial charge in [0.25, 0.3) is 0 Å². The van der Waals surface area contributed by atoms with Gasteiger partial charge in [-0.05, 0) is 47.2 Å². The molecule has 0 saturated carbocycles. The van der Waals surface area contributed by atoms with Crippen molar-refractivity contribution in [3.05, 3.63) is 25.7 Å². The Labute approximate surface area is 95.3 Å². The summed E-state index contributed by atoms with van der Waals surface area (Å²) in [5.41, 5.74) is 1.09. The molecule has 66 valence electrons. The lowest BCUT2D eigenvalue weighted by atomic mass is 10.2. The van der Waals surface area contributed by atoms with Crippen LogP contribution in [0.1, 0.15) is 5.56 Å². The van der Waals surface area contributed by atoms with Crippen LogP contribution in [0.2, 0.25) is 0 Å². The Morgan fingerprint density at radius 2 is 2.17 bits per heavy atom. The van der Waals surface area contributed by atoms with E-state index in [4.69, 9.17) is 4.55 Å². The molecule has 0 fully saturated rings. The maximum atomic E-state index is 10.7. The Kier molecular flexibility index (Phi) is 3.69. The minimum atomic E-state index is -1.89. The van der Waals surface area contributed by atoms with Crippen molar-refractivity contribution in [2.75, 3.05) is 0 Å². The second-order valence-corrected chi connectivity index (χ2v) is 5.25. The lowest BCUT2D eigenvalue weighted by Gasteiger charge is -2.03. The summed E-state index contributed by atoms with van der Waals surface area (Å²) in [6.07, 6.45) is 0. The smallest absolute Gasteiger partial charge is 0.186 e. The molecule has 1 atom stereocenters. The number of hydrogen-bond acceptors (Lipinski definition) is 1. The monoisotopic (exact) mass is 360 g/mol. The second kappa shape index (κ2) is 4.17. The van der Waals surface area contributed by atoms with Gasteiger partial charge in [0.05, 0.1) is 4.90 Å². The first-order chi connectivity index (χ1) is 5.52. The zero-order chi connectivity index (χ0) is 9.30. The van der Waals surface area contributed by atoms with Crippen LogP contribution >= 0.6 is 38.5 Å². The van der Waals surface area contributed by atoms with Crippen LogP contribution in [0.4, 0.5) is 0 Å². The van der Waals surface area contributed by atoms with E-state index in [0.29, 0.717) is 4.90 Å². The van der Waals surface area contributed by atoms with Crippen molar-refractivity contribution in [2.45, 2.75) is 11.8 Å². The Morgan fingerprint density at radius 1 is 1.58 bits per heavy atom. The number of rotatable bonds is 1. The molecule has 5 heteroatoms. The molecule has 2 nitrogen and oxygen atoms in total. The number of hydrogen-bond donors (Lipinski definition) is 1. The Morgan fingerprint density at radius 3 is 2.58 bits per heavy atom. The fourth-order valence-corrected chi connectivity index (χ4v) is 2.98. The van der Waals surface area contributed by atoms with Crippen molar-refractivity contribution in [3.63, 3.8) is 0 Å². The topological polar surface area (TPSA) is 37.3 Å². The van der Waals surface area contributed by atoms with Crippen LogP contribution < -0.4 is 0 Å². The molecule has 0 amide bonds. The maximum Gasteiger partial charge on any atom is 0.186 e. The first-order valence-electron chi connectivity index (χ1n) is 3.09. The minimum absolute atomic E-state index is 0.428. The summed E-state index contributed by atoms with van der Waals surface area (Å²) in [5.74, 6) is 0. The van der Waals surface area contributed by atoms with E-state index in [9.17, 15) is 4.21 Å². The van der Waals surface area contributed by atoms with Crippen molar-refractivity contribution >= 4 is 49.6 Å². The summed E-state index contributed by atoms with van der Waals surface area (Å²) in [7, 11) is 0. The molecule has 0 spiro atoms. The van der Waals surface area contributed by atoms with Gasteiger partial charge >= 0.3 is 0 Å². The standard InChI is InChI=1S/C7H6BrIO2S/c1-4-6(8)2-5(12(10)11)3-7(4)9/h2-3H,1H3,(H,10,11). The van der Waals surface area contributed by atoms with Crippen LogP contribution in [0.5, 0.6) is 0 Å². The van der Waals surface area contributed by atoms with Crippen LogP contribution in [0, 0.1) is 10.5 Å². The van der Waals surface area contributed by atoms with Crippen LogP contribution in [-0.4, -0.2) is 8.76 Å². The van der Waals surface area contributed by atoms with E-state index in [1.807, 2.05) is 6.92 Å². The normalized spacial score (nSPS) is 13.0. The summed E-state index contributed by atoms with van der Waals surface area (Å²) < 4.78 is 21.4. The summed E-state index contributed by atoms with van der Waals surface area (Å²) in [4.78, 5) is 0.428. The predicted octanol–water partition coefficient (Wildman–Crippen LogP) is 2.94.